The third kappa shape index (κ3) is 13.8. The van der Waals surface area contributed by atoms with Crippen LogP contribution in [0.3, 0.4) is 0 Å². The number of rotatable bonds is 14. The van der Waals surface area contributed by atoms with Gasteiger partial charge < -0.3 is 18.9 Å². The average molecular weight is 543 g/mol. The molecule has 0 heterocycles. The van der Waals surface area contributed by atoms with Crippen molar-refractivity contribution in [3.8, 4) is 0 Å². The van der Waals surface area contributed by atoms with Crippen molar-refractivity contribution in [2.24, 2.45) is 0 Å². The van der Waals surface area contributed by atoms with Crippen LogP contribution in [0, 0.1) is 0 Å². The molecule has 0 bridgehead atoms. The summed E-state index contributed by atoms with van der Waals surface area (Å²) < 4.78 is 64.8. The molecule has 0 amide bonds. The van der Waals surface area contributed by atoms with E-state index in [0.29, 0.717) is 39.0 Å². The Morgan fingerprint density at radius 1 is 0.629 bits per heavy atom. The Morgan fingerprint density at radius 3 is 1.20 bits per heavy atom. The molecule has 0 aliphatic rings. The van der Waals surface area contributed by atoms with E-state index in [0.717, 1.165) is 28.9 Å². The topological polar surface area (TPSA) is 121 Å². The molecule has 0 spiro atoms. The van der Waals surface area contributed by atoms with E-state index in [1.165, 1.54) is 0 Å². The fraction of sp³-hybridized carbons (Fsp3) is 0.478. The monoisotopic (exact) mass is 542 g/mol. The van der Waals surface area contributed by atoms with Crippen molar-refractivity contribution in [3.63, 3.8) is 0 Å². The van der Waals surface area contributed by atoms with Gasteiger partial charge in [0.25, 0.3) is 0 Å². The van der Waals surface area contributed by atoms with Gasteiger partial charge in [-0.3, -0.25) is 0 Å². The molecule has 0 atom stereocenters. The van der Waals surface area contributed by atoms with E-state index in [9.17, 15) is 25.9 Å². The summed E-state index contributed by atoms with van der Waals surface area (Å²) in [5.41, 5.74) is 4.24. The summed E-state index contributed by atoms with van der Waals surface area (Å²) in [5, 5.41) is 0. The van der Waals surface area contributed by atoms with Crippen LogP contribution in [0.5, 0.6) is 0 Å². The Hall–Kier alpha value is -0.140. The van der Waals surface area contributed by atoms with Crippen molar-refractivity contribution in [1.82, 2.24) is 0 Å². The normalized spacial score (nSPS) is 11.3. The van der Waals surface area contributed by atoms with E-state index in [1.54, 1.807) is 0 Å². The van der Waals surface area contributed by atoms with Gasteiger partial charge in [-0.25, -0.2) is 16.8 Å². The molecule has 0 N–H and O–H groups in total. The largest absolute Gasteiger partial charge is 1.00 e. The average Bonchev–Trinajstić information content (AvgIpc) is 2.74. The standard InChI is InChI=1S/C23H34N2O6S2.2Na/c1-3-24(15-5-17-32(26,27)28)22-11-7-20(8-12-22)19-21-9-13-23(14-10-21)25(4-2)16-6-18-33(29,30)31;;/h7-14H,3-6,15-19H2,1-2H3,(H,26,27,28)(H,29,30,31);;/q;2*+1/p-2. The molecule has 2 rings (SSSR count). The molecule has 0 aliphatic carbocycles. The van der Waals surface area contributed by atoms with Gasteiger partial charge in [0, 0.05) is 49.1 Å². The minimum atomic E-state index is -4.19. The summed E-state index contributed by atoms with van der Waals surface area (Å²) in [6.45, 7) is 6.42. The second-order valence-corrected chi connectivity index (χ2v) is 10.9. The smallest absolute Gasteiger partial charge is 0.748 e. The van der Waals surface area contributed by atoms with Crippen LogP contribution in [0.4, 0.5) is 11.4 Å². The second-order valence-electron chi connectivity index (χ2n) is 7.90. The van der Waals surface area contributed by atoms with Gasteiger partial charge in [0.2, 0.25) is 0 Å². The van der Waals surface area contributed by atoms with E-state index in [1.807, 2.05) is 72.2 Å². The van der Waals surface area contributed by atoms with Crippen LogP contribution >= 0.6 is 0 Å². The number of hydrogen-bond donors (Lipinski definition) is 0. The maximum atomic E-state index is 10.8. The van der Waals surface area contributed by atoms with Gasteiger partial charge in [-0.05, 0) is 68.5 Å². The van der Waals surface area contributed by atoms with Gasteiger partial charge in [-0.2, -0.15) is 0 Å². The Kier molecular flexibility index (Phi) is 16.6. The first-order chi connectivity index (χ1) is 15.5. The van der Waals surface area contributed by atoms with Crippen LogP contribution in [0.15, 0.2) is 48.5 Å². The molecule has 0 aromatic heterocycles. The van der Waals surface area contributed by atoms with Gasteiger partial charge in [0.1, 0.15) is 0 Å². The fourth-order valence-corrected chi connectivity index (χ4v) is 4.65. The first-order valence-electron chi connectivity index (χ1n) is 11.1. The Balaban J connectivity index is 0.00000578. The van der Waals surface area contributed by atoms with Crippen molar-refractivity contribution in [3.05, 3.63) is 59.7 Å². The Bertz CT molecular complexity index is 992. The van der Waals surface area contributed by atoms with Crippen molar-refractivity contribution in [2.45, 2.75) is 33.1 Å². The maximum absolute atomic E-state index is 10.8. The van der Waals surface area contributed by atoms with E-state index in [4.69, 9.17) is 0 Å². The molecule has 2 aromatic carbocycles. The van der Waals surface area contributed by atoms with Gasteiger partial charge >= 0.3 is 59.1 Å². The third-order valence-electron chi connectivity index (χ3n) is 5.42. The van der Waals surface area contributed by atoms with E-state index >= 15 is 0 Å². The van der Waals surface area contributed by atoms with Gasteiger partial charge in [-0.15, -0.1) is 0 Å². The molecule has 0 unspecified atom stereocenters. The number of benzene rings is 2. The van der Waals surface area contributed by atoms with Gasteiger partial charge in [-0.1, -0.05) is 24.3 Å². The SMILES string of the molecule is CCN(CCCS(=O)(=O)[O-])c1ccc(Cc2ccc(N(CC)CCCS(=O)(=O)[O-])cc2)cc1.[Na+].[Na+]. The van der Waals surface area contributed by atoms with Crippen molar-refractivity contribution < 1.29 is 85.1 Å². The minimum absolute atomic E-state index is 0. The fourth-order valence-electron chi connectivity index (χ4n) is 3.69. The summed E-state index contributed by atoms with van der Waals surface area (Å²) in [6, 6.07) is 16.2. The van der Waals surface area contributed by atoms with Crippen LogP contribution in [-0.2, 0) is 26.7 Å². The van der Waals surface area contributed by atoms with Crippen LogP contribution in [0.1, 0.15) is 37.8 Å². The minimum Gasteiger partial charge on any atom is -0.748 e. The number of anilines is 2. The zero-order chi connectivity index (χ0) is 24.5. The molecule has 0 saturated carbocycles. The molecule has 0 fully saturated rings. The zero-order valence-electron chi connectivity index (χ0n) is 21.1. The Labute approximate surface area is 254 Å². The molecule has 0 aliphatic heterocycles. The molecule has 0 radical (unpaired) electrons. The Morgan fingerprint density at radius 2 is 0.943 bits per heavy atom. The summed E-state index contributed by atoms with van der Waals surface area (Å²) in [5.74, 6) is -0.713. The number of hydrogen-bond acceptors (Lipinski definition) is 8. The second kappa shape index (κ2) is 16.7. The third-order valence-corrected chi connectivity index (χ3v) is 7.00. The molecule has 184 valence electrons. The van der Waals surface area contributed by atoms with Crippen molar-refractivity contribution in [1.29, 1.82) is 0 Å². The van der Waals surface area contributed by atoms with Gasteiger partial charge in [0.05, 0.1) is 20.2 Å². The molecule has 12 heteroatoms. The summed E-state index contributed by atoms with van der Waals surface area (Å²) >= 11 is 0. The van der Waals surface area contributed by atoms with Crippen molar-refractivity contribution >= 4 is 31.6 Å². The molecular formula is C23H32N2Na2O6S2. The van der Waals surface area contributed by atoms with E-state index in [2.05, 4.69) is 0 Å². The van der Waals surface area contributed by atoms with Crippen LogP contribution in [-0.4, -0.2) is 63.6 Å². The number of nitrogens with zero attached hydrogens (tertiary/aromatic N) is 2. The summed E-state index contributed by atoms with van der Waals surface area (Å²) in [7, 11) is -8.38. The molecule has 35 heavy (non-hydrogen) atoms. The van der Waals surface area contributed by atoms with Crippen LogP contribution in [0.2, 0.25) is 0 Å². The quantitative estimate of drug-likeness (QED) is 0.181. The first-order valence-corrected chi connectivity index (χ1v) is 14.2. The van der Waals surface area contributed by atoms with Gasteiger partial charge in [0.15, 0.2) is 0 Å². The predicted molar refractivity (Wildman–Crippen MR) is 130 cm³/mol. The zero-order valence-corrected chi connectivity index (χ0v) is 26.8. The summed E-state index contributed by atoms with van der Waals surface area (Å²) in [6.07, 6.45) is 1.35. The molecule has 0 saturated heterocycles. The predicted octanol–water partition coefficient (Wildman–Crippen LogP) is -3.19. The maximum Gasteiger partial charge on any atom is 1.00 e. The summed E-state index contributed by atoms with van der Waals surface area (Å²) in [4.78, 5) is 4.09. The van der Waals surface area contributed by atoms with E-state index < -0.39 is 20.2 Å². The van der Waals surface area contributed by atoms with Crippen LogP contribution < -0.4 is 68.9 Å². The van der Waals surface area contributed by atoms with Crippen molar-refractivity contribution in [2.75, 3.05) is 47.5 Å². The van der Waals surface area contributed by atoms with Crippen LogP contribution in [0.25, 0.3) is 0 Å². The molecule has 8 nitrogen and oxygen atoms in total. The first kappa shape index (κ1) is 34.9. The van der Waals surface area contributed by atoms with E-state index in [-0.39, 0.29) is 70.6 Å². The molecular weight excluding hydrogens is 510 g/mol. The molecule has 2 aromatic rings.